The van der Waals surface area contributed by atoms with E-state index >= 15 is 0 Å². The Morgan fingerprint density at radius 1 is 0.778 bits per heavy atom. The average Bonchev–Trinajstić information content (AvgIpc) is 2.58. The summed E-state index contributed by atoms with van der Waals surface area (Å²) < 4.78 is 0.605. The highest BCUT2D eigenvalue weighted by Crippen LogP contribution is 2.13. The van der Waals surface area contributed by atoms with Gasteiger partial charge in [0, 0.05) is 7.05 Å². The van der Waals surface area contributed by atoms with E-state index in [4.69, 9.17) is 0 Å². The molecule has 0 aliphatic rings. The number of carboxylic acid groups (broad SMARTS) is 1. The summed E-state index contributed by atoms with van der Waals surface area (Å²) in [5.41, 5.74) is 0. The van der Waals surface area contributed by atoms with Crippen LogP contribution in [0.3, 0.4) is 0 Å². The number of nitrogens with zero attached hydrogens (tertiary/aromatic N) is 2. The smallest absolute Gasteiger partial charge is 0.277 e. The van der Waals surface area contributed by atoms with Gasteiger partial charge in [-0.05, 0) is 12.8 Å². The molecule has 5 heteroatoms. The van der Waals surface area contributed by atoms with Crippen LogP contribution in [0, 0.1) is 0 Å². The van der Waals surface area contributed by atoms with Crippen molar-refractivity contribution in [3.05, 3.63) is 0 Å². The lowest BCUT2D eigenvalue weighted by molar-refractivity contribution is -0.882. The van der Waals surface area contributed by atoms with Crippen molar-refractivity contribution in [2.75, 3.05) is 40.8 Å². The predicted molar refractivity (Wildman–Crippen MR) is 110 cm³/mol. The van der Waals surface area contributed by atoms with Crippen LogP contribution in [0.5, 0.6) is 0 Å². The molecule has 160 valence electrons. The zero-order valence-corrected chi connectivity index (χ0v) is 18.4. The van der Waals surface area contributed by atoms with Crippen molar-refractivity contribution < 1.29 is 19.2 Å². The summed E-state index contributed by atoms with van der Waals surface area (Å²) in [5, 5.41) is 10.6. The molecule has 0 heterocycles. The molecule has 1 amide bonds. The van der Waals surface area contributed by atoms with Crippen molar-refractivity contribution in [1.82, 2.24) is 4.90 Å². The maximum Gasteiger partial charge on any atom is 0.277 e. The van der Waals surface area contributed by atoms with Gasteiger partial charge in [0.05, 0.1) is 33.2 Å². The monoisotopic (exact) mass is 384 g/mol. The number of carbonyl (C=O) groups is 2. The van der Waals surface area contributed by atoms with E-state index in [1.54, 1.807) is 0 Å². The van der Waals surface area contributed by atoms with Crippen LogP contribution in [-0.2, 0) is 9.59 Å². The minimum absolute atomic E-state index is 0.140. The van der Waals surface area contributed by atoms with E-state index in [2.05, 4.69) is 6.92 Å². The van der Waals surface area contributed by atoms with Crippen LogP contribution < -0.4 is 5.11 Å². The highest BCUT2D eigenvalue weighted by atomic mass is 16.4. The molecule has 0 bridgehead atoms. The third-order valence-corrected chi connectivity index (χ3v) is 5.22. The first-order valence-corrected chi connectivity index (χ1v) is 11.0. The van der Waals surface area contributed by atoms with E-state index in [0.29, 0.717) is 11.0 Å². The Labute approximate surface area is 167 Å². The maximum absolute atomic E-state index is 12.0. The van der Waals surface area contributed by atoms with Crippen molar-refractivity contribution in [2.24, 2.45) is 0 Å². The lowest BCUT2D eigenvalue weighted by Crippen LogP contribution is -2.50. The van der Waals surface area contributed by atoms with Crippen molar-refractivity contribution in [2.45, 2.75) is 90.4 Å². The van der Waals surface area contributed by atoms with E-state index in [0.717, 1.165) is 13.0 Å². The zero-order chi connectivity index (χ0) is 20.5. The number of amides is 1. The van der Waals surface area contributed by atoms with Crippen molar-refractivity contribution in [1.29, 1.82) is 0 Å². The van der Waals surface area contributed by atoms with Crippen molar-refractivity contribution in [3.8, 4) is 0 Å². The number of carboxylic acids is 1. The molecule has 0 aromatic heterocycles. The van der Waals surface area contributed by atoms with Crippen LogP contribution in [-0.4, -0.2) is 62.0 Å². The highest BCUT2D eigenvalue weighted by molar-refractivity contribution is 5.81. The third-order valence-electron chi connectivity index (χ3n) is 5.22. The molecule has 0 aliphatic heterocycles. The van der Waals surface area contributed by atoms with Gasteiger partial charge >= 0.3 is 0 Å². The number of unbranched alkanes of at least 4 members (excludes halogenated alkanes) is 12. The Kier molecular flexibility index (Phi) is 15.3. The normalized spacial score (nSPS) is 11.6. The van der Waals surface area contributed by atoms with Gasteiger partial charge in [-0.15, -0.1) is 0 Å². The van der Waals surface area contributed by atoms with Crippen LogP contribution in [0.4, 0.5) is 0 Å². The Morgan fingerprint density at radius 2 is 1.19 bits per heavy atom. The molecule has 0 atom stereocenters. The fourth-order valence-electron chi connectivity index (χ4n) is 3.41. The van der Waals surface area contributed by atoms with Gasteiger partial charge in [0.1, 0.15) is 0 Å². The topological polar surface area (TPSA) is 60.4 Å². The van der Waals surface area contributed by atoms with E-state index in [1.807, 2.05) is 14.1 Å². The van der Waals surface area contributed by atoms with Crippen LogP contribution in [0.15, 0.2) is 0 Å². The van der Waals surface area contributed by atoms with E-state index in [9.17, 15) is 14.7 Å². The molecule has 0 spiro atoms. The standard InChI is InChI=1S/C22H44N2O3/c1-5-6-7-8-9-10-11-12-13-14-15-16-17-18-24(3,4)20-21(25)23(2)19-22(26)27/h5-20H2,1-4H3. The molecule has 0 aromatic carbocycles. The molecule has 0 aliphatic carbocycles. The third kappa shape index (κ3) is 16.8. The molecule has 0 fully saturated rings. The number of aliphatic carboxylic acids is 1. The number of hydrogen-bond donors (Lipinski definition) is 0. The van der Waals surface area contributed by atoms with Crippen molar-refractivity contribution >= 4 is 11.9 Å². The molecular weight excluding hydrogens is 340 g/mol. The number of quaternary nitrogens is 1. The molecule has 0 N–H and O–H groups in total. The maximum atomic E-state index is 12.0. The minimum Gasteiger partial charge on any atom is -0.548 e. The summed E-state index contributed by atoms with van der Waals surface area (Å²) in [6, 6.07) is 0. The van der Waals surface area contributed by atoms with Gasteiger partial charge < -0.3 is 19.3 Å². The van der Waals surface area contributed by atoms with Gasteiger partial charge in [0.25, 0.3) is 5.91 Å². The average molecular weight is 385 g/mol. The van der Waals surface area contributed by atoms with E-state index < -0.39 is 5.97 Å². The summed E-state index contributed by atoms with van der Waals surface area (Å²) in [4.78, 5) is 23.9. The lowest BCUT2D eigenvalue weighted by Gasteiger charge is -2.31. The predicted octanol–water partition coefficient (Wildman–Crippen LogP) is 3.36. The second kappa shape index (κ2) is 15.9. The number of likely N-dealkylation sites (N-methyl/N-ethyl adjacent to an activating group) is 2. The summed E-state index contributed by atoms with van der Waals surface area (Å²) in [6.45, 7) is 3.21. The lowest BCUT2D eigenvalue weighted by atomic mass is 10.0. The minimum atomic E-state index is -1.22. The van der Waals surface area contributed by atoms with Gasteiger partial charge in [0.15, 0.2) is 6.54 Å². The molecule has 5 nitrogen and oxygen atoms in total. The Hall–Kier alpha value is -1.10. The van der Waals surface area contributed by atoms with Crippen molar-refractivity contribution in [3.63, 3.8) is 0 Å². The highest BCUT2D eigenvalue weighted by Gasteiger charge is 2.22. The van der Waals surface area contributed by atoms with Crippen LogP contribution in [0.2, 0.25) is 0 Å². The fourth-order valence-corrected chi connectivity index (χ4v) is 3.41. The first-order valence-electron chi connectivity index (χ1n) is 11.0. The first kappa shape index (κ1) is 25.9. The summed E-state index contributed by atoms with van der Waals surface area (Å²) in [6.07, 6.45) is 17.4. The molecule has 0 radical (unpaired) electrons. The largest absolute Gasteiger partial charge is 0.548 e. The molecule has 0 aromatic rings. The summed E-state index contributed by atoms with van der Waals surface area (Å²) in [5.74, 6) is -1.36. The molecule has 27 heavy (non-hydrogen) atoms. The number of hydrogen-bond acceptors (Lipinski definition) is 3. The van der Waals surface area contributed by atoms with Crippen LogP contribution >= 0.6 is 0 Å². The van der Waals surface area contributed by atoms with E-state index in [1.165, 1.54) is 89.0 Å². The summed E-state index contributed by atoms with van der Waals surface area (Å²) in [7, 11) is 5.58. The van der Waals surface area contributed by atoms with Gasteiger partial charge in [-0.1, -0.05) is 77.6 Å². The molecule has 0 saturated heterocycles. The summed E-state index contributed by atoms with van der Waals surface area (Å²) >= 11 is 0. The Morgan fingerprint density at radius 3 is 1.59 bits per heavy atom. The fraction of sp³-hybridized carbons (Fsp3) is 0.909. The van der Waals surface area contributed by atoms with Gasteiger partial charge in [-0.3, -0.25) is 4.79 Å². The van der Waals surface area contributed by atoms with Gasteiger partial charge in [-0.2, -0.15) is 0 Å². The molecule has 0 unspecified atom stereocenters. The molecular formula is C22H44N2O3. The SMILES string of the molecule is CCCCCCCCCCCCCCC[N+](C)(C)CC(=O)N(C)CC(=O)[O-]. The quantitative estimate of drug-likeness (QED) is 0.269. The Bertz CT molecular complexity index is 397. The molecule has 0 rings (SSSR count). The second-order valence-corrected chi connectivity index (χ2v) is 8.68. The van der Waals surface area contributed by atoms with Crippen LogP contribution in [0.25, 0.3) is 0 Å². The number of carbonyl (C=O) groups excluding carboxylic acids is 2. The molecule has 0 saturated carbocycles. The van der Waals surface area contributed by atoms with Crippen LogP contribution in [0.1, 0.15) is 90.4 Å². The van der Waals surface area contributed by atoms with Gasteiger partial charge in [-0.25, -0.2) is 0 Å². The Balaban J connectivity index is 3.57. The number of rotatable bonds is 18. The van der Waals surface area contributed by atoms with Gasteiger partial charge in [0.2, 0.25) is 0 Å². The zero-order valence-electron chi connectivity index (χ0n) is 18.4. The van der Waals surface area contributed by atoms with E-state index in [-0.39, 0.29) is 12.5 Å². The second-order valence-electron chi connectivity index (χ2n) is 8.68. The first-order chi connectivity index (χ1) is 12.8.